The van der Waals surface area contributed by atoms with Crippen molar-refractivity contribution >= 4 is 5.97 Å². The molecule has 2 nitrogen and oxygen atoms in total. The van der Waals surface area contributed by atoms with Crippen LogP contribution in [-0.4, -0.2) is 5.97 Å². The Kier molecular flexibility index (Phi) is 2.08. The van der Waals surface area contributed by atoms with Gasteiger partial charge in [-0.1, -0.05) is 12.1 Å². The van der Waals surface area contributed by atoms with E-state index in [1.54, 1.807) is 12.1 Å². The van der Waals surface area contributed by atoms with Gasteiger partial charge in [0.15, 0.2) is 0 Å². The van der Waals surface area contributed by atoms with Crippen LogP contribution in [0.1, 0.15) is 21.5 Å². The molecular formula is C11H9FO2. The molecule has 0 fully saturated rings. The highest BCUT2D eigenvalue weighted by atomic mass is 19.1. The third kappa shape index (κ3) is 1.31. The molecule has 1 aliphatic rings. The van der Waals surface area contributed by atoms with Gasteiger partial charge in [-0.2, -0.15) is 0 Å². The van der Waals surface area contributed by atoms with Crippen LogP contribution in [0.15, 0.2) is 24.8 Å². The van der Waals surface area contributed by atoms with E-state index in [0.29, 0.717) is 12.0 Å². The first-order chi connectivity index (χ1) is 6.72. The maximum atomic E-state index is 13.4. The topological polar surface area (TPSA) is 26.3 Å². The molecule has 0 saturated carbocycles. The first kappa shape index (κ1) is 8.94. The van der Waals surface area contributed by atoms with Gasteiger partial charge in [0.25, 0.3) is 0 Å². The van der Waals surface area contributed by atoms with Crippen LogP contribution < -0.4 is 0 Å². The van der Waals surface area contributed by atoms with Crippen molar-refractivity contribution in [2.75, 3.05) is 0 Å². The maximum absolute atomic E-state index is 13.4. The van der Waals surface area contributed by atoms with Gasteiger partial charge in [-0.3, -0.25) is 0 Å². The average molecular weight is 192 g/mol. The Hall–Kier alpha value is -1.64. The summed E-state index contributed by atoms with van der Waals surface area (Å²) in [6, 6.07) is 3.14. The second-order valence-electron chi connectivity index (χ2n) is 3.18. The quantitative estimate of drug-likeness (QED) is 0.530. The largest absolute Gasteiger partial charge is 0.457 e. The van der Waals surface area contributed by atoms with Crippen LogP contribution in [-0.2, 0) is 17.8 Å². The fraction of sp³-hybridized carbons (Fsp3) is 0.182. The highest BCUT2D eigenvalue weighted by Gasteiger charge is 2.25. The van der Waals surface area contributed by atoms with Crippen LogP contribution in [0.4, 0.5) is 4.39 Å². The van der Waals surface area contributed by atoms with Crippen LogP contribution in [0.3, 0.4) is 0 Å². The number of rotatable bonds is 2. The number of benzene rings is 1. The lowest BCUT2D eigenvalue weighted by Crippen LogP contribution is -1.99. The molecule has 1 heterocycles. The molecule has 0 saturated heterocycles. The van der Waals surface area contributed by atoms with Gasteiger partial charge < -0.3 is 4.74 Å². The predicted octanol–water partition coefficient (Wildman–Crippen LogP) is 2.22. The smallest absolute Gasteiger partial charge is 0.341 e. The van der Waals surface area contributed by atoms with Gasteiger partial charge in [0.1, 0.15) is 18.0 Å². The minimum absolute atomic E-state index is 0.0813. The second-order valence-corrected chi connectivity index (χ2v) is 3.18. The number of carbonyl (C=O) groups is 1. The van der Waals surface area contributed by atoms with E-state index in [-0.39, 0.29) is 12.2 Å². The number of carbonyl (C=O) groups excluding carboxylic acids is 1. The van der Waals surface area contributed by atoms with Crippen molar-refractivity contribution in [3.63, 3.8) is 0 Å². The number of halogens is 1. The molecule has 2 rings (SSSR count). The van der Waals surface area contributed by atoms with Gasteiger partial charge in [0.2, 0.25) is 0 Å². The number of esters is 1. The van der Waals surface area contributed by atoms with E-state index in [2.05, 4.69) is 6.58 Å². The first-order valence-corrected chi connectivity index (χ1v) is 4.31. The lowest BCUT2D eigenvalue weighted by molar-refractivity contribution is 0.0532. The van der Waals surface area contributed by atoms with Gasteiger partial charge >= 0.3 is 5.97 Å². The zero-order valence-corrected chi connectivity index (χ0v) is 7.55. The predicted molar refractivity (Wildman–Crippen MR) is 49.4 cm³/mol. The fourth-order valence-electron chi connectivity index (χ4n) is 1.57. The Bertz CT molecular complexity index is 410. The van der Waals surface area contributed by atoms with E-state index in [1.165, 1.54) is 6.07 Å². The Labute approximate surface area is 81.0 Å². The zero-order valence-electron chi connectivity index (χ0n) is 7.55. The van der Waals surface area contributed by atoms with E-state index in [9.17, 15) is 9.18 Å². The summed E-state index contributed by atoms with van der Waals surface area (Å²) in [7, 11) is 0. The monoisotopic (exact) mass is 192 g/mol. The molecule has 1 aromatic carbocycles. The summed E-state index contributed by atoms with van der Waals surface area (Å²) in [5.41, 5.74) is 1.53. The van der Waals surface area contributed by atoms with Crippen molar-refractivity contribution in [2.45, 2.75) is 13.0 Å². The summed E-state index contributed by atoms with van der Waals surface area (Å²) in [5.74, 6) is -1.07. The number of hydrogen-bond donors (Lipinski definition) is 0. The highest BCUT2D eigenvalue weighted by molar-refractivity contribution is 5.93. The van der Waals surface area contributed by atoms with Crippen molar-refractivity contribution in [1.29, 1.82) is 0 Å². The van der Waals surface area contributed by atoms with Crippen LogP contribution in [0, 0.1) is 5.82 Å². The molecule has 1 aliphatic heterocycles. The van der Waals surface area contributed by atoms with Crippen molar-refractivity contribution in [3.8, 4) is 0 Å². The summed E-state index contributed by atoms with van der Waals surface area (Å²) in [4.78, 5) is 11.1. The molecule has 0 bridgehead atoms. The molecule has 0 atom stereocenters. The molecule has 14 heavy (non-hydrogen) atoms. The van der Waals surface area contributed by atoms with Gasteiger partial charge in [0.05, 0.1) is 0 Å². The van der Waals surface area contributed by atoms with E-state index in [0.717, 1.165) is 5.56 Å². The number of cyclic esters (lactones) is 1. The lowest BCUT2D eigenvalue weighted by Gasteiger charge is -2.00. The fourth-order valence-corrected chi connectivity index (χ4v) is 1.57. The van der Waals surface area contributed by atoms with Crippen molar-refractivity contribution in [2.24, 2.45) is 0 Å². The maximum Gasteiger partial charge on any atom is 0.341 e. The normalized spacial score (nSPS) is 13.6. The van der Waals surface area contributed by atoms with Crippen LogP contribution in [0.2, 0.25) is 0 Å². The van der Waals surface area contributed by atoms with E-state index >= 15 is 0 Å². The minimum Gasteiger partial charge on any atom is -0.457 e. The van der Waals surface area contributed by atoms with Crippen LogP contribution in [0.25, 0.3) is 0 Å². The molecule has 0 unspecified atom stereocenters. The van der Waals surface area contributed by atoms with Crippen LogP contribution >= 0.6 is 0 Å². The van der Waals surface area contributed by atoms with E-state index in [4.69, 9.17) is 4.74 Å². The average Bonchev–Trinajstić information content (AvgIpc) is 2.48. The molecule has 0 aliphatic carbocycles. The Balaban J connectivity index is 2.50. The van der Waals surface area contributed by atoms with Crippen molar-refractivity contribution < 1.29 is 13.9 Å². The molecule has 0 spiro atoms. The minimum atomic E-state index is -0.567. The van der Waals surface area contributed by atoms with Gasteiger partial charge in [-0.05, 0) is 18.1 Å². The molecule has 3 heteroatoms. The summed E-state index contributed by atoms with van der Waals surface area (Å²) in [6.45, 7) is 3.75. The summed E-state index contributed by atoms with van der Waals surface area (Å²) in [6.07, 6.45) is 2.29. The van der Waals surface area contributed by atoms with Crippen molar-refractivity contribution in [3.05, 3.63) is 47.3 Å². The standard InChI is InChI=1S/C11H9FO2/c1-2-3-7-4-8-6-14-11(13)10(8)9(12)5-7/h2,4-5H,1,3,6H2. The zero-order chi connectivity index (χ0) is 10.1. The van der Waals surface area contributed by atoms with Crippen molar-refractivity contribution in [1.82, 2.24) is 0 Å². The SMILES string of the molecule is C=CCc1cc(F)c2c(c1)COC2=O. The third-order valence-corrected chi connectivity index (χ3v) is 2.17. The van der Waals surface area contributed by atoms with E-state index < -0.39 is 11.8 Å². The lowest BCUT2D eigenvalue weighted by atomic mass is 10.0. The summed E-state index contributed by atoms with van der Waals surface area (Å²) in [5, 5.41) is 0. The number of allylic oxidation sites excluding steroid dienone is 1. The number of ether oxygens (including phenoxy) is 1. The molecule has 1 aromatic rings. The Morgan fingerprint density at radius 2 is 2.36 bits per heavy atom. The second kappa shape index (κ2) is 3.25. The molecule has 72 valence electrons. The first-order valence-electron chi connectivity index (χ1n) is 4.31. The van der Waals surface area contributed by atoms with Gasteiger partial charge in [0, 0.05) is 5.56 Å². The van der Waals surface area contributed by atoms with E-state index in [1.807, 2.05) is 0 Å². The van der Waals surface area contributed by atoms with Crippen LogP contribution in [0.5, 0.6) is 0 Å². The Morgan fingerprint density at radius 1 is 1.57 bits per heavy atom. The molecule has 0 aromatic heterocycles. The molecule has 0 radical (unpaired) electrons. The summed E-state index contributed by atoms with van der Waals surface area (Å²) >= 11 is 0. The van der Waals surface area contributed by atoms with Gasteiger partial charge in [-0.25, -0.2) is 9.18 Å². The molecule has 0 N–H and O–H groups in total. The Morgan fingerprint density at radius 3 is 3.07 bits per heavy atom. The number of hydrogen-bond acceptors (Lipinski definition) is 2. The molecule has 0 amide bonds. The summed E-state index contributed by atoms with van der Waals surface area (Å²) < 4.78 is 18.1. The number of fused-ring (bicyclic) bond motifs is 1. The third-order valence-electron chi connectivity index (χ3n) is 2.17. The molecular weight excluding hydrogens is 183 g/mol. The van der Waals surface area contributed by atoms with Gasteiger partial charge in [-0.15, -0.1) is 6.58 Å². The highest BCUT2D eigenvalue weighted by Crippen LogP contribution is 2.24.